The first-order valence-electron chi connectivity index (χ1n) is 5.89. The molecular weight excluding hydrogens is 232 g/mol. The van der Waals surface area contributed by atoms with Crippen molar-refractivity contribution < 1.29 is 14.7 Å². The van der Waals surface area contributed by atoms with Gasteiger partial charge in [0.1, 0.15) is 0 Å². The summed E-state index contributed by atoms with van der Waals surface area (Å²) in [5.41, 5.74) is 2.85. The van der Waals surface area contributed by atoms with Crippen LogP contribution in [0.4, 0.5) is 10.5 Å². The molecule has 1 aromatic rings. The second kappa shape index (κ2) is 6.64. The molecule has 0 atom stereocenters. The molecule has 98 valence electrons. The van der Waals surface area contributed by atoms with Crippen LogP contribution in [-0.2, 0) is 11.2 Å². The van der Waals surface area contributed by atoms with Gasteiger partial charge >= 0.3 is 12.0 Å². The number of hydrogen-bond acceptors (Lipinski definition) is 2. The average Bonchev–Trinajstić information content (AvgIpc) is 2.31. The molecule has 5 heteroatoms. The molecule has 0 radical (unpaired) electrons. The van der Waals surface area contributed by atoms with Crippen LogP contribution in [0.5, 0.6) is 0 Å². The molecular formula is C13H18N2O3. The summed E-state index contributed by atoms with van der Waals surface area (Å²) in [6.45, 7) is 4.06. The van der Waals surface area contributed by atoms with Crippen molar-refractivity contribution in [3.63, 3.8) is 0 Å². The largest absolute Gasteiger partial charge is 0.481 e. The standard InChI is InChI=1S/C13H18N2O3/c1-3-10-6-4-5-9(2)12(10)15-13(18)14-8-7-11(16)17/h4-6H,3,7-8H2,1-2H3,(H,16,17)(H2,14,15,18). The molecule has 0 bridgehead atoms. The molecule has 0 saturated heterocycles. The van der Waals surface area contributed by atoms with Gasteiger partial charge in [0.2, 0.25) is 0 Å². The Balaban J connectivity index is 2.61. The number of rotatable bonds is 5. The van der Waals surface area contributed by atoms with Crippen LogP contribution in [0, 0.1) is 6.92 Å². The molecule has 2 amide bonds. The summed E-state index contributed by atoms with van der Waals surface area (Å²) in [7, 11) is 0. The minimum atomic E-state index is -0.930. The number of carbonyl (C=O) groups is 2. The van der Waals surface area contributed by atoms with Gasteiger partial charge < -0.3 is 15.7 Å². The minimum absolute atomic E-state index is 0.0815. The number of para-hydroxylation sites is 1. The maximum absolute atomic E-state index is 11.6. The number of nitrogens with one attached hydrogen (secondary N) is 2. The van der Waals surface area contributed by atoms with E-state index >= 15 is 0 Å². The molecule has 0 spiro atoms. The van der Waals surface area contributed by atoms with E-state index in [2.05, 4.69) is 10.6 Å². The summed E-state index contributed by atoms with van der Waals surface area (Å²) in [5, 5.41) is 13.7. The zero-order valence-electron chi connectivity index (χ0n) is 10.6. The van der Waals surface area contributed by atoms with E-state index in [0.717, 1.165) is 23.2 Å². The number of aliphatic carboxylic acids is 1. The van der Waals surface area contributed by atoms with Crippen molar-refractivity contribution in [1.82, 2.24) is 5.32 Å². The number of aryl methyl sites for hydroxylation is 2. The number of urea groups is 1. The summed E-state index contributed by atoms with van der Waals surface area (Å²) in [6.07, 6.45) is 0.744. The quantitative estimate of drug-likeness (QED) is 0.749. The highest BCUT2D eigenvalue weighted by Crippen LogP contribution is 2.20. The van der Waals surface area contributed by atoms with Gasteiger partial charge in [0.05, 0.1) is 6.42 Å². The lowest BCUT2D eigenvalue weighted by Gasteiger charge is -2.13. The Morgan fingerprint density at radius 2 is 2.06 bits per heavy atom. The van der Waals surface area contributed by atoms with E-state index < -0.39 is 5.97 Å². The number of benzene rings is 1. The maximum Gasteiger partial charge on any atom is 0.319 e. The summed E-state index contributed by atoms with van der Waals surface area (Å²) >= 11 is 0. The van der Waals surface area contributed by atoms with Gasteiger partial charge in [-0.05, 0) is 24.5 Å². The second-order valence-corrected chi connectivity index (χ2v) is 3.99. The Bertz CT molecular complexity index is 444. The smallest absolute Gasteiger partial charge is 0.319 e. The lowest BCUT2D eigenvalue weighted by Crippen LogP contribution is -2.31. The number of carbonyl (C=O) groups excluding carboxylic acids is 1. The number of amides is 2. The molecule has 0 heterocycles. The van der Waals surface area contributed by atoms with Gasteiger partial charge in [0, 0.05) is 12.2 Å². The van der Waals surface area contributed by atoms with Crippen molar-refractivity contribution in [1.29, 1.82) is 0 Å². The van der Waals surface area contributed by atoms with Crippen molar-refractivity contribution in [3.05, 3.63) is 29.3 Å². The molecule has 0 aliphatic carbocycles. The molecule has 1 aromatic carbocycles. The monoisotopic (exact) mass is 250 g/mol. The van der Waals surface area contributed by atoms with E-state index in [1.54, 1.807) is 0 Å². The third-order valence-corrected chi connectivity index (χ3v) is 2.60. The van der Waals surface area contributed by atoms with Crippen molar-refractivity contribution in [2.45, 2.75) is 26.7 Å². The molecule has 3 N–H and O–H groups in total. The number of anilines is 1. The third kappa shape index (κ3) is 4.08. The fraction of sp³-hybridized carbons (Fsp3) is 0.385. The topological polar surface area (TPSA) is 78.4 Å². The molecule has 0 aromatic heterocycles. The highest BCUT2D eigenvalue weighted by Gasteiger charge is 2.08. The lowest BCUT2D eigenvalue weighted by atomic mass is 10.1. The fourth-order valence-corrected chi connectivity index (χ4v) is 1.64. The van der Waals surface area contributed by atoms with Crippen LogP contribution in [-0.4, -0.2) is 23.7 Å². The van der Waals surface area contributed by atoms with Gasteiger partial charge in [-0.3, -0.25) is 4.79 Å². The van der Waals surface area contributed by atoms with Gasteiger partial charge in [-0.2, -0.15) is 0 Å². The Labute approximate surface area is 106 Å². The molecule has 0 aliphatic heterocycles. The minimum Gasteiger partial charge on any atom is -0.481 e. The van der Waals surface area contributed by atoms with Gasteiger partial charge in [0.25, 0.3) is 0 Å². The van der Waals surface area contributed by atoms with Crippen LogP contribution in [0.3, 0.4) is 0 Å². The predicted octanol–water partition coefficient (Wildman–Crippen LogP) is 2.15. The summed E-state index contributed by atoms with van der Waals surface area (Å²) in [6, 6.07) is 5.45. The highest BCUT2D eigenvalue weighted by molar-refractivity contribution is 5.91. The number of hydrogen-bond donors (Lipinski definition) is 3. The van der Waals surface area contributed by atoms with Crippen LogP contribution in [0.15, 0.2) is 18.2 Å². The maximum atomic E-state index is 11.6. The first-order chi connectivity index (χ1) is 8.54. The Kier molecular flexibility index (Phi) is 5.17. The van der Waals surface area contributed by atoms with Gasteiger partial charge in [0.15, 0.2) is 0 Å². The highest BCUT2D eigenvalue weighted by atomic mass is 16.4. The third-order valence-electron chi connectivity index (χ3n) is 2.60. The van der Waals surface area contributed by atoms with E-state index in [1.807, 2.05) is 32.0 Å². The van der Waals surface area contributed by atoms with E-state index in [4.69, 9.17) is 5.11 Å². The summed E-state index contributed by atoms with van der Waals surface area (Å²) in [4.78, 5) is 21.9. The molecule has 18 heavy (non-hydrogen) atoms. The zero-order valence-corrected chi connectivity index (χ0v) is 10.6. The van der Waals surface area contributed by atoms with E-state index in [-0.39, 0.29) is 19.0 Å². The van der Waals surface area contributed by atoms with Crippen molar-refractivity contribution >= 4 is 17.7 Å². The van der Waals surface area contributed by atoms with E-state index in [9.17, 15) is 9.59 Å². The first kappa shape index (κ1) is 14.0. The predicted molar refractivity (Wildman–Crippen MR) is 69.8 cm³/mol. The normalized spacial score (nSPS) is 9.89. The van der Waals surface area contributed by atoms with Crippen molar-refractivity contribution in [2.75, 3.05) is 11.9 Å². The van der Waals surface area contributed by atoms with E-state index in [0.29, 0.717) is 0 Å². The van der Waals surface area contributed by atoms with Crippen LogP contribution in [0.2, 0.25) is 0 Å². The number of carboxylic acid groups (broad SMARTS) is 1. The molecule has 0 saturated carbocycles. The van der Waals surface area contributed by atoms with Crippen LogP contribution in [0.25, 0.3) is 0 Å². The van der Waals surface area contributed by atoms with Crippen molar-refractivity contribution in [2.24, 2.45) is 0 Å². The van der Waals surface area contributed by atoms with Gasteiger partial charge in [-0.25, -0.2) is 4.79 Å². The zero-order chi connectivity index (χ0) is 13.5. The van der Waals surface area contributed by atoms with Crippen molar-refractivity contribution in [3.8, 4) is 0 Å². The van der Waals surface area contributed by atoms with Crippen LogP contribution >= 0.6 is 0 Å². The van der Waals surface area contributed by atoms with Crippen LogP contribution in [0.1, 0.15) is 24.5 Å². The van der Waals surface area contributed by atoms with Gasteiger partial charge in [-0.15, -0.1) is 0 Å². The second-order valence-electron chi connectivity index (χ2n) is 3.99. The molecule has 0 unspecified atom stereocenters. The lowest BCUT2D eigenvalue weighted by molar-refractivity contribution is -0.136. The molecule has 0 aliphatic rings. The number of carboxylic acids is 1. The van der Waals surface area contributed by atoms with Crippen LogP contribution < -0.4 is 10.6 Å². The Morgan fingerprint density at radius 3 is 2.67 bits per heavy atom. The summed E-state index contributed by atoms with van der Waals surface area (Å²) < 4.78 is 0. The fourth-order valence-electron chi connectivity index (χ4n) is 1.64. The Hall–Kier alpha value is -2.04. The molecule has 0 fully saturated rings. The average molecular weight is 250 g/mol. The van der Waals surface area contributed by atoms with E-state index in [1.165, 1.54) is 0 Å². The summed E-state index contributed by atoms with van der Waals surface area (Å²) in [5.74, 6) is -0.930. The Morgan fingerprint density at radius 1 is 1.33 bits per heavy atom. The first-order valence-corrected chi connectivity index (χ1v) is 5.89. The molecule has 1 rings (SSSR count). The molecule has 5 nitrogen and oxygen atoms in total. The SMILES string of the molecule is CCc1cccc(C)c1NC(=O)NCCC(=O)O. The van der Waals surface area contributed by atoms with Gasteiger partial charge in [-0.1, -0.05) is 25.1 Å².